The van der Waals surface area contributed by atoms with Gasteiger partial charge in [-0.1, -0.05) is 44.5 Å². The highest BCUT2D eigenvalue weighted by atomic mass is 35.5. The molecule has 2 aliphatic rings. The van der Waals surface area contributed by atoms with Crippen LogP contribution in [-0.4, -0.2) is 37.0 Å². The van der Waals surface area contributed by atoms with Gasteiger partial charge in [-0.25, -0.2) is 4.79 Å². The number of nitrogens with zero attached hydrogens (tertiary/aromatic N) is 4. The lowest BCUT2D eigenvalue weighted by Crippen LogP contribution is -2.28. The SMILES string of the molecule is CC(C)(C)c1cccc(O[C@H]2CC[C@H](c3nnc4n3-c3ccc(Cl)cc3CN(C(=O)O)C4)CC2)c1. The highest BCUT2D eigenvalue weighted by Gasteiger charge is 2.32. The van der Waals surface area contributed by atoms with Gasteiger partial charge in [0.05, 0.1) is 24.9 Å². The van der Waals surface area contributed by atoms with Gasteiger partial charge in [-0.3, -0.25) is 9.47 Å². The number of carbonyl (C=O) groups is 1. The molecule has 0 atom stereocenters. The van der Waals surface area contributed by atoms with E-state index in [0.717, 1.165) is 48.5 Å². The molecule has 8 heteroatoms. The molecule has 3 aromatic rings. The third-order valence-corrected chi connectivity index (χ3v) is 7.28. The molecule has 1 aliphatic heterocycles. The molecule has 0 saturated heterocycles. The lowest BCUT2D eigenvalue weighted by atomic mass is 9.86. The van der Waals surface area contributed by atoms with E-state index in [-0.39, 0.29) is 30.5 Å². The summed E-state index contributed by atoms with van der Waals surface area (Å²) in [5, 5.41) is 19.2. The van der Waals surface area contributed by atoms with Crippen molar-refractivity contribution in [1.82, 2.24) is 19.7 Å². The van der Waals surface area contributed by atoms with Crippen LogP contribution in [0.15, 0.2) is 42.5 Å². The highest BCUT2D eigenvalue weighted by Crippen LogP contribution is 2.37. The van der Waals surface area contributed by atoms with Gasteiger partial charge in [0.2, 0.25) is 0 Å². The third-order valence-electron chi connectivity index (χ3n) is 7.04. The molecule has 1 amide bonds. The van der Waals surface area contributed by atoms with Crippen LogP contribution in [0, 0.1) is 0 Å². The van der Waals surface area contributed by atoms with Crippen molar-refractivity contribution in [2.24, 2.45) is 0 Å². The van der Waals surface area contributed by atoms with Crippen LogP contribution in [0.2, 0.25) is 5.02 Å². The van der Waals surface area contributed by atoms with E-state index >= 15 is 0 Å². The molecule has 0 bridgehead atoms. The van der Waals surface area contributed by atoms with Gasteiger partial charge >= 0.3 is 6.09 Å². The van der Waals surface area contributed by atoms with E-state index < -0.39 is 6.09 Å². The number of halogens is 1. The van der Waals surface area contributed by atoms with Crippen molar-refractivity contribution in [1.29, 1.82) is 0 Å². The average Bonchev–Trinajstić information content (AvgIpc) is 3.14. The standard InChI is InChI=1S/C27H31ClN4O3/c1-27(2,3)19-5-4-6-22(14-19)35-21-10-7-17(8-11-21)25-30-29-24-16-31(26(33)34)15-18-13-20(28)9-12-23(18)32(24)25/h4-6,9,12-14,17,21H,7-8,10-11,15-16H2,1-3H3,(H,33,34)/t17-,21-. The molecule has 1 fully saturated rings. The molecule has 1 aliphatic carbocycles. The Balaban J connectivity index is 1.35. The number of benzene rings is 2. The van der Waals surface area contributed by atoms with Crippen molar-refractivity contribution in [2.75, 3.05) is 0 Å². The molecule has 7 nitrogen and oxygen atoms in total. The molecule has 1 aromatic heterocycles. The van der Waals surface area contributed by atoms with Crippen LogP contribution in [0.1, 0.15) is 75.1 Å². The molecule has 184 valence electrons. The summed E-state index contributed by atoms with van der Waals surface area (Å²) >= 11 is 6.24. The summed E-state index contributed by atoms with van der Waals surface area (Å²) < 4.78 is 8.42. The fourth-order valence-electron chi connectivity index (χ4n) is 5.09. The molecule has 0 radical (unpaired) electrons. The minimum absolute atomic E-state index is 0.0826. The van der Waals surface area contributed by atoms with E-state index in [9.17, 15) is 9.90 Å². The summed E-state index contributed by atoms with van der Waals surface area (Å²) in [5.74, 6) is 2.69. The predicted molar refractivity (Wildman–Crippen MR) is 134 cm³/mol. The Bertz CT molecular complexity index is 1240. The molecule has 1 saturated carbocycles. The van der Waals surface area contributed by atoms with Gasteiger partial charge in [-0.15, -0.1) is 10.2 Å². The number of hydrogen-bond acceptors (Lipinski definition) is 4. The smallest absolute Gasteiger partial charge is 0.408 e. The zero-order valence-corrected chi connectivity index (χ0v) is 21.1. The van der Waals surface area contributed by atoms with Gasteiger partial charge in [0, 0.05) is 10.9 Å². The van der Waals surface area contributed by atoms with E-state index in [4.69, 9.17) is 16.3 Å². The van der Waals surface area contributed by atoms with Gasteiger partial charge in [-0.2, -0.15) is 0 Å². The molecule has 35 heavy (non-hydrogen) atoms. The van der Waals surface area contributed by atoms with Gasteiger partial charge in [-0.05, 0) is 72.6 Å². The third kappa shape index (κ3) is 4.87. The zero-order valence-electron chi connectivity index (χ0n) is 20.4. The maximum atomic E-state index is 11.8. The normalized spacial score (nSPS) is 20.1. The van der Waals surface area contributed by atoms with Gasteiger partial charge in [0.15, 0.2) is 5.82 Å². The molecular formula is C27H31ClN4O3. The summed E-state index contributed by atoms with van der Waals surface area (Å²) in [4.78, 5) is 13.2. The maximum Gasteiger partial charge on any atom is 0.408 e. The van der Waals surface area contributed by atoms with E-state index in [2.05, 4.69) is 49.2 Å². The molecule has 2 aromatic carbocycles. The van der Waals surface area contributed by atoms with Crippen LogP contribution in [0.4, 0.5) is 4.79 Å². The van der Waals surface area contributed by atoms with E-state index in [1.807, 2.05) is 28.8 Å². The monoisotopic (exact) mass is 494 g/mol. The minimum atomic E-state index is -0.984. The second-order valence-electron chi connectivity index (χ2n) is 10.6. The second kappa shape index (κ2) is 9.19. The van der Waals surface area contributed by atoms with Crippen LogP contribution in [0.25, 0.3) is 5.69 Å². The highest BCUT2D eigenvalue weighted by molar-refractivity contribution is 6.30. The summed E-state index contributed by atoms with van der Waals surface area (Å²) in [6.45, 7) is 7.08. The largest absolute Gasteiger partial charge is 0.490 e. The zero-order chi connectivity index (χ0) is 24.7. The summed E-state index contributed by atoms with van der Waals surface area (Å²) in [7, 11) is 0. The molecule has 0 spiro atoms. The van der Waals surface area contributed by atoms with Crippen molar-refractivity contribution in [3.8, 4) is 11.4 Å². The molecule has 5 rings (SSSR count). The lowest BCUT2D eigenvalue weighted by Gasteiger charge is -2.29. The van der Waals surface area contributed by atoms with E-state index in [0.29, 0.717) is 10.8 Å². The Kier molecular flexibility index (Phi) is 6.21. The van der Waals surface area contributed by atoms with E-state index in [1.54, 1.807) is 0 Å². The first-order valence-electron chi connectivity index (χ1n) is 12.2. The first-order valence-corrected chi connectivity index (χ1v) is 12.5. The Morgan fingerprint density at radius 1 is 1.06 bits per heavy atom. The summed E-state index contributed by atoms with van der Waals surface area (Å²) in [6, 6.07) is 14.0. The summed E-state index contributed by atoms with van der Waals surface area (Å²) in [5.41, 5.74) is 3.11. The van der Waals surface area contributed by atoms with E-state index in [1.165, 1.54) is 10.5 Å². The second-order valence-corrected chi connectivity index (χ2v) is 11.0. The molecule has 0 unspecified atom stereocenters. The van der Waals surface area contributed by atoms with Crippen molar-refractivity contribution in [2.45, 2.75) is 77.0 Å². The van der Waals surface area contributed by atoms with Crippen molar-refractivity contribution >= 4 is 17.7 Å². The number of amides is 1. The first kappa shape index (κ1) is 23.7. The van der Waals surface area contributed by atoms with Crippen molar-refractivity contribution in [3.63, 3.8) is 0 Å². The summed E-state index contributed by atoms with van der Waals surface area (Å²) in [6.07, 6.45) is 2.92. The lowest BCUT2D eigenvalue weighted by molar-refractivity contribution is 0.138. The maximum absolute atomic E-state index is 11.8. The number of ether oxygens (including phenoxy) is 1. The number of fused-ring (bicyclic) bond motifs is 3. The Morgan fingerprint density at radius 2 is 1.83 bits per heavy atom. The number of aromatic nitrogens is 3. The molecular weight excluding hydrogens is 464 g/mol. The number of carboxylic acid groups (broad SMARTS) is 1. The van der Waals surface area contributed by atoms with Crippen LogP contribution in [0.3, 0.4) is 0 Å². The number of hydrogen-bond donors (Lipinski definition) is 1. The Hall–Kier alpha value is -3.06. The molecule has 1 N–H and O–H groups in total. The Labute approximate surface area is 210 Å². The van der Waals surface area contributed by atoms with Crippen LogP contribution >= 0.6 is 11.6 Å². The van der Waals surface area contributed by atoms with Crippen molar-refractivity contribution in [3.05, 3.63) is 70.3 Å². The minimum Gasteiger partial charge on any atom is -0.490 e. The first-order chi connectivity index (χ1) is 16.7. The fourth-order valence-corrected chi connectivity index (χ4v) is 5.29. The van der Waals surface area contributed by atoms with Crippen LogP contribution in [-0.2, 0) is 18.5 Å². The van der Waals surface area contributed by atoms with Crippen molar-refractivity contribution < 1.29 is 14.6 Å². The molecule has 2 heterocycles. The topological polar surface area (TPSA) is 80.5 Å². The van der Waals surface area contributed by atoms with Crippen LogP contribution < -0.4 is 4.74 Å². The Morgan fingerprint density at radius 3 is 2.54 bits per heavy atom. The predicted octanol–water partition coefficient (Wildman–Crippen LogP) is 6.32. The number of rotatable bonds is 3. The average molecular weight is 495 g/mol. The quantitative estimate of drug-likeness (QED) is 0.461. The van der Waals surface area contributed by atoms with Gasteiger partial charge in [0.1, 0.15) is 11.6 Å². The van der Waals surface area contributed by atoms with Gasteiger partial charge in [0.25, 0.3) is 0 Å². The van der Waals surface area contributed by atoms with Gasteiger partial charge < -0.3 is 9.84 Å². The fraction of sp³-hybridized carbons (Fsp3) is 0.444. The van der Waals surface area contributed by atoms with Crippen LogP contribution in [0.5, 0.6) is 5.75 Å².